The first-order valence-electron chi connectivity index (χ1n) is 14.4. The highest BCUT2D eigenvalue weighted by molar-refractivity contribution is 5.36. The van der Waals surface area contributed by atoms with Crippen molar-refractivity contribution in [3.05, 3.63) is 11.6 Å². The van der Waals surface area contributed by atoms with Crippen LogP contribution in [0, 0.1) is 50.2 Å². The minimum atomic E-state index is -1.06. The zero-order valence-corrected chi connectivity index (χ0v) is 23.4. The van der Waals surface area contributed by atoms with Gasteiger partial charge in [0.2, 0.25) is 0 Å². The Bertz CT molecular complexity index is 938. The Hall–Kier alpha value is -0.500. The van der Waals surface area contributed by atoms with Gasteiger partial charge in [-0.15, -0.1) is 0 Å². The fourth-order valence-electron chi connectivity index (χ4n) is 11.1. The molecule has 0 aromatic carbocycles. The van der Waals surface area contributed by atoms with Crippen molar-refractivity contribution < 1.29 is 20.4 Å². The van der Waals surface area contributed by atoms with Gasteiger partial charge in [-0.2, -0.15) is 0 Å². The Morgan fingerprint density at radius 1 is 0.806 bits per heavy atom. The van der Waals surface area contributed by atoms with Gasteiger partial charge in [0.15, 0.2) is 0 Å². The average molecular weight is 505 g/mol. The van der Waals surface area contributed by atoms with Crippen molar-refractivity contribution in [3.8, 4) is 0 Å². The molecule has 4 saturated carbocycles. The van der Waals surface area contributed by atoms with E-state index in [0.29, 0.717) is 31.2 Å². The summed E-state index contributed by atoms with van der Waals surface area (Å²) in [4.78, 5) is 0. The number of rotatable bonds is 2. The van der Waals surface area contributed by atoms with Crippen LogP contribution in [-0.2, 0) is 0 Å². The van der Waals surface area contributed by atoms with Gasteiger partial charge < -0.3 is 31.9 Å². The molecule has 6 nitrogen and oxygen atoms in total. The third-order valence-corrected chi connectivity index (χ3v) is 13.7. The molecule has 5 rings (SSSR count). The number of aliphatic hydroxyl groups excluding tert-OH is 4. The molecule has 0 radical (unpaired) electrons. The van der Waals surface area contributed by atoms with Gasteiger partial charge >= 0.3 is 0 Å². The van der Waals surface area contributed by atoms with Crippen LogP contribution >= 0.6 is 0 Å². The molecule has 0 bridgehead atoms. The topological polar surface area (TPSA) is 133 Å². The normalized spacial score (nSPS) is 58.1. The molecule has 6 heteroatoms. The lowest BCUT2D eigenvalue weighted by Gasteiger charge is -2.72. The summed E-state index contributed by atoms with van der Waals surface area (Å²) in [5.41, 5.74) is 12.2. The molecular formula is C30H52N2O4. The molecule has 12 atom stereocenters. The SMILES string of the molecule is CC1(C)CC2C3=CCC4[C@@]5(C)CC[C@H](O)[C@](C)(CN)C5CC[C@@]4(C)[C@]3(C)C[C@@H](O)[C@@]2(CN)[C@@H](O)[C@@H]1O. The molecule has 0 aromatic heterocycles. The van der Waals surface area contributed by atoms with Crippen LogP contribution < -0.4 is 11.5 Å². The quantitative estimate of drug-likeness (QED) is 0.320. The average Bonchev–Trinajstić information content (AvgIpc) is 2.81. The Morgan fingerprint density at radius 2 is 1.47 bits per heavy atom. The van der Waals surface area contributed by atoms with Crippen molar-refractivity contribution in [2.75, 3.05) is 13.1 Å². The molecule has 0 amide bonds. The largest absolute Gasteiger partial charge is 0.392 e. The van der Waals surface area contributed by atoms with Crippen molar-refractivity contribution in [2.24, 2.45) is 61.7 Å². The monoisotopic (exact) mass is 504 g/mol. The lowest BCUT2D eigenvalue weighted by atomic mass is 9.33. The number of allylic oxidation sites excluding steroid dienone is 2. The van der Waals surface area contributed by atoms with Crippen LogP contribution in [-0.4, -0.2) is 57.9 Å². The molecule has 3 unspecified atom stereocenters. The van der Waals surface area contributed by atoms with Crippen molar-refractivity contribution in [2.45, 2.75) is 111 Å². The summed E-state index contributed by atoms with van der Waals surface area (Å²) in [6.45, 7) is 14.2. The summed E-state index contributed by atoms with van der Waals surface area (Å²) in [6.07, 6.45) is 5.45. The number of hydrogen-bond donors (Lipinski definition) is 6. The van der Waals surface area contributed by atoms with Gasteiger partial charge in [0.05, 0.1) is 24.4 Å². The Kier molecular flexibility index (Phi) is 6.03. The minimum Gasteiger partial charge on any atom is -0.392 e. The number of fused-ring (bicyclic) bond motifs is 7. The third-order valence-electron chi connectivity index (χ3n) is 13.7. The van der Waals surface area contributed by atoms with E-state index in [4.69, 9.17) is 11.5 Å². The van der Waals surface area contributed by atoms with Gasteiger partial charge in [-0.25, -0.2) is 0 Å². The molecule has 0 spiro atoms. The predicted octanol–water partition coefficient (Wildman–Crippen LogP) is 2.96. The van der Waals surface area contributed by atoms with E-state index in [1.54, 1.807) is 0 Å². The van der Waals surface area contributed by atoms with Crippen LogP contribution in [0.15, 0.2) is 11.6 Å². The second-order valence-corrected chi connectivity index (χ2v) is 15.2. The van der Waals surface area contributed by atoms with E-state index in [1.807, 2.05) is 13.8 Å². The van der Waals surface area contributed by atoms with Crippen LogP contribution in [0.4, 0.5) is 0 Å². The van der Waals surface area contributed by atoms with Gasteiger partial charge in [-0.1, -0.05) is 53.2 Å². The van der Waals surface area contributed by atoms with Gasteiger partial charge in [0, 0.05) is 23.9 Å². The highest BCUT2D eigenvalue weighted by Gasteiger charge is 2.72. The number of aliphatic hydroxyl groups is 4. The molecule has 0 aromatic rings. The van der Waals surface area contributed by atoms with Crippen LogP contribution in [0.25, 0.3) is 0 Å². The predicted molar refractivity (Wildman–Crippen MR) is 142 cm³/mol. The summed E-state index contributed by atoms with van der Waals surface area (Å²) < 4.78 is 0. The fraction of sp³-hybridized carbons (Fsp3) is 0.933. The van der Waals surface area contributed by atoms with Gasteiger partial charge in [-0.05, 0) is 84.4 Å². The summed E-state index contributed by atoms with van der Waals surface area (Å²) in [7, 11) is 0. The lowest BCUT2D eigenvalue weighted by molar-refractivity contribution is -0.246. The second-order valence-electron chi connectivity index (χ2n) is 15.2. The molecule has 0 saturated heterocycles. The molecular weight excluding hydrogens is 452 g/mol. The van der Waals surface area contributed by atoms with Crippen molar-refractivity contribution in [3.63, 3.8) is 0 Å². The standard InChI is InChI=1S/C30H52N2O4/c1-25(2)13-18-17-7-8-20-26(3)11-10-21(33)27(4,15-31)19(26)9-12-28(20,5)29(17,6)14-22(34)30(18,16-32)24(36)23(25)35/h7,18-24,33-36H,8-16,31-32H2,1-6H3/t18?,19?,20?,21-,22+,23-,24-,26-,27+,28+,29+,30-/m0/s1. The van der Waals surface area contributed by atoms with Crippen LogP contribution in [0.3, 0.4) is 0 Å². The lowest BCUT2D eigenvalue weighted by Crippen LogP contribution is -2.72. The molecule has 36 heavy (non-hydrogen) atoms. The van der Waals surface area contributed by atoms with Crippen LogP contribution in [0.5, 0.6) is 0 Å². The molecule has 8 N–H and O–H groups in total. The summed E-state index contributed by atoms with van der Waals surface area (Å²) >= 11 is 0. The van der Waals surface area contributed by atoms with Crippen molar-refractivity contribution in [1.29, 1.82) is 0 Å². The Balaban J connectivity index is 1.63. The van der Waals surface area contributed by atoms with Crippen molar-refractivity contribution in [1.82, 2.24) is 0 Å². The Morgan fingerprint density at radius 3 is 2.08 bits per heavy atom. The van der Waals surface area contributed by atoms with E-state index in [0.717, 1.165) is 32.1 Å². The maximum absolute atomic E-state index is 11.8. The fourth-order valence-corrected chi connectivity index (χ4v) is 11.1. The minimum absolute atomic E-state index is 0.0208. The van der Waals surface area contributed by atoms with E-state index in [9.17, 15) is 20.4 Å². The van der Waals surface area contributed by atoms with Crippen molar-refractivity contribution >= 4 is 0 Å². The first-order chi connectivity index (χ1) is 16.6. The van der Waals surface area contributed by atoms with E-state index in [1.165, 1.54) is 5.57 Å². The summed E-state index contributed by atoms with van der Waals surface area (Å²) in [5, 5.41) is 45.4. The highest BCUT2D eigenvalue weighted by atomic mass is 16.3. The van der Waals surface area contributed by atoms with Gasteiger partial charge in [0.25, 0.3) is 0 Å². The first kappa shape index (κ1) is 27.1. The summed E-state index contributed by atoms with van der Waals surface area (Å²) in [5.74, 6) is 0.744. The molecule has 5 aliphatic carbocycles. The number of nitrogens with two attached hydrogens (primary N) is 2. The molecule has 4 fully saturated rings. The van der Waals surface area contributed by atoms with Gasteiger partial charge in [-0.3, -0.25) is 0 Å². The smallest absolute Gasteiger partial charge is 0.0903 e. The maximum Gasteiger partial charge on any atom is 0.0903 e. The first-order valence-corrected chi connectivity index (χ1v) is 14.4. The zero-order valence-electron chi connectivity index (χ0n) is 23.4. The van der Waals surface area contributed by atoms with Crippen LogP contribution in [0.2, 0.25) is 0 Å². The molecule has 5 aliphatic rings. The van der Waals surface area contributed by atoms with Gasteiger partial charge in [0.1, 0.15) is 0 Å². The molecule has 0 heterocycles. The molecule has 206 valence electrons. The Labute approximate surface area is 217 Å². The second kappa shape index (κ2) is 8.02. The number of hydrogen-bond acceptors (Lipinski definition) is 6. The molecule has 0 aliphatic heterocycles. The van der Waals surface area contributed by atoms with E-state index >= 15 is 0 Å². The van der Waals surface area contributed by atoms with E-state index in [2.05, 4.69) is 33.8 Å². The third kappa shape index (κ3) is 2.95. The maximum atomic E-state index is 11.8. The zero-order chi connectivity index (χ0) is 26.7. The summed E-state index contributed by atoms with van der Waals surface area (Å²) in [6, 6.07) is 0. The van der Waals surface area contributed by atoms with Crippen LogP contribution in [0.1, 0.15) is 86.5 Å². The highest BCUT2D eigenvalue weighted by Crippen LogP contribution is 2.75. The van der Waals surface area contributed by atoms with E-state index < -0.39 is 29.1 Å². The van der Waals surface area contributed by atoms with E-state index in [-0.39, 0.29) is 40.2 Å².